The van der Waals surface area contributed by atoms with Crippen molar-refractivity contribution in [2.24, 2.45) is 9.98 Å². The first-order chi connectivity index (χ1) is 12.2. The summed E-state index contributed by atoms with van der Waals surface area (Å²) in [5, 5.41) is 9.39. The molecular weight excluding hydrogens is 336 g/mol. The highest BCUT2D eigenvalue weighted by molar-refractivity contribution is 6.48. The molecule has 3 unspecified atom stereocenters. The van der Waals surface area contributed by atoms with Crippen LogP contribution in [0.4, 0.5) is 4.79 Å². The van der Waals surface area contributed by atoms with E-state index in [9.17, 15) is 14.7 Å². The van der Waals surface area contributed by atoms with Gasteiger partial charge in [-0.2, -0.15) is 0 Å². The summed E-state index contributed by atoms with van der Waals surface area (Å²) in [6, 6.07) is -0.418. The van der Waals surface area contributed by atoms with E-state index in [1.54, 1.807) is 27.0 Å². The Hall–Kier alpha value is -2.22. The Morgan fingerprint density at radius 2 is 2.08 bits per heavy atom. The molecule has 0 bridgehead atoms. The third-order valence-corrected chi connectivity index (χ3v) is 5.05. The van der Waals surface area contributed by atoms with Crippen molar-refractivity contribution in [3.05, 3.63) is 12.3 Å². The van der Waals surface area contributed by atoms with Gasteiger partial charge in [-0.3, -0.25) is 14.6 Å². The second-order valence-electron chi connectivity index (χ2n) is 7.43. The molecule has 3 heterocycles. The van der Waals surface area contributed by atoms with Crippen LogP contribution in [0.1, 0.15) is 53.4 Å². The lowest BCUT2D eigenvalue weighted by atomic mass is 9.96. The van der Waals surface area contributed by atoms with Gasteiger partial charge in [-0.05, 0) is 53.0 Å². The van der Waals surface area contributed by atoms with Crippen molar-refractivity contribution in [1.82, 2.24) is 9.80 Å². The molecule has 0 aliphatic carbocycles. The molecule has 1 N–H and O–H groups in total. The van der Waals surface area contributed by atoms with Gasteiger partial charge < -0.3 is 9.84 Å². The molecule has 0 spiro atoms. The fourth-order valence-electron chi connectivity index (χ4n) is 3.81. The van der Waals surface area contributed by atoms with Gasteiger partial charge in [0.15, 0.2) is 17.1 Å². The first-order valence-electron chi connectivity index (χ1n) is 9.02. The maximum absolute atomic E-state index is 13.3. The van der Waals surface area contributed by atoms with Gasteiger partial charge in [0.05, 0.1) is 12.4 Å². The van der Waals surface area contributed by atoms with Crippen LogP contribution in [0, 0.1) is 0 Å². The molecule has 1 fully saturated rings. The highest BCUT2D eigenvalue weighted by atomic mass is 16.5. The van der Waals surface area contributed by atoms with E-state index in [1.807, 2.05) is 13.0 Å². The molecule has 8 nitrogen and oxygen atoms in total. The first kappa shape index (κ1) is 18.6. The molecule has 3 amide bonds. The number of imide groups is 1. The molecule has 3 aliphatic heterocycles. The number of hydrogen-bond donors (Lipinski definition) is 1. The van der Waals surface area contributed by atoms with E-state index in [4.69, 9.17) is 4.74 Å². The molecule has 0 aromatic carbocycles. The van der Waals surface area contributed by atoms with Gasteiger partial charge in [-0.25, -0.2) is 14.8 Å². The van der Waals surface area contributed by atoms with Crippen molar-refractivity contribution in [1.29, 1.82) is 0 Å². The third kappa shape index (κ3) is 2.92. The number of fused-ring (bicyclic) bond motifs is 1. The van der Waals surface area contributed by atoms with E-state index < -0.39 is 29.4 Å². The summed E-state index contributed by atoms with van der Waals surface area (Å²) < 4.78 is 5.73. The monoisotopic (exact) mass is 362 g/mol. The van der Waals surface area contributed by atoms with Crippen molar-refractivity contribution in [2.45, 2.75) is 70.9 Å². The topological polar surface area (TPSA) is 94.8 Å². The molecule has 3 aliphatic rings. The van der Waals surface area contributed by atoms with Gasteiger partial charge in [0, 0.05) is 13.0 Å². The number of aliphatic hydroxyl groups is 1. The summed E-state index contributed by atoms with van der Waals surface area (Å²) in [5.74, 6) is 0.0696. The third-order valence-electron chi connectivity index (χ3n) is 5.05. The lowest BCUT2D eigenvalue weighted by Crippen LogP contribution is -2.72. The van der Waals surface area contributed by atoms with Gasteiger partial charge in [0.2, 0.25) is 0 Å². The van der Waals surface area contributed by atoms with Gasteiger partial charge in [-0.15, -0.1) is 0 Å². The second-order valence-corrected chi connectivity index (χ2v) is 7.43. The maximum Gasteiger partial charge on any atom is 0.332 e. The number of unbranched alkanes of at least 4 members (excludes halogenated alkanes) is 1. The molecule has 0 saturated carbocycles. The molecule has 8 heteroatoms. The minimum atomic E-state index is -1.16. The van der Waals surface area contributed by atoms with Crippen LogP contribution < -0.4 is 0 Å². The van der Waals surface area contributed by atoms with Crippen LogP contribution in [0.3, 0.4) is 0 Å². The largest absolute Gasteiger partial charge is 0.476 e. The van der Waals surface area contributed by atoms with Gasteiger partial charge in [0.1, 0.15) is 5.84 Å². The van der Waals surface area contributed by atoms with Crippen molar-refractivity contribution in [3.8, 4) is 0 Å². The Morgan fingerprint density at radius 1 is 1.35 bits per heavy atom. The highest BCUT2D eigenvalue weighted by Gasteiger charge is 2.60. The average molecular weight is 362 g/mol. The van der Waals surface area contributed by atoms with Crippen LogP contribution in [0.25, 0.3) is 0 Å². The van der Waals surface area contributed by atoms with E-state index in [-0.39, 0.29) is 12.3 Å². The van der Waals surface area contributed by atoms with E-state index in [0.717, 1.165) is 6.42 Å². The zero-order valence-corrected chi connectivity index (χ0v) is 15.7. The number of urea groups is 1. The van der Waals surface area contributed by atoms with Gasteiger partial charge >= 0.3 is 6.03 Å². The fraction of sp³-hybridized carbons (Fsp3) is 0.667. The Kier molecular flexibility index (Phi) is 4.64. The quantitative estimate of drug-likeness (QED) is 0.732. The zero-order valence-electron chi connectivity index (χ0n) is 15.7. The zero-order chi connectivity index (χ0) is 19.1. The lowest BCUT2D eigenvalue weighted by molar-refractivity contribution is -0.132. The number of aliphatic hydroxyl groups excluding tert-OH is 1. The van der Waals surface area contributed by atoms with Crippen molar-refractivity contribution in [2.75, 3.05) is 6.54 Å². The number of nitrogens with zero attached hydrogens (tertiary/aromatic N) is 4. The van der Waals surface area contributed by atoms with Crippen LogP contribution >= 0.6 is 0 Å². The van der Waals surface area contributed by atoms with Crippen molar-refractivity contribution >= 4 is 23.5 Å². The molecular formula is C18H26N4O4. The number of hydrogen-bond acceptors (Lipinski definition) is 6. The maximum atomic E-state index is 13.3. The molecule has 142 valence electrons. The fourth-order valence-corrected chi connectivity index (χ4v) is 3.81. The van der Waals surface area contributed by atoms with Crippen LogP contribution in [0.5, 0.6) is 0 Å². The Bertz CT molecular complexity index is 704. The minimum Gasteiger partial charge on any atom is -0.476 e. The molecule has 3 rings (SSSR count). The molecule has 0 aromatic rings. The summed E-state index contributed by atoms with van der Waals surface area (Å²) in [7, 11) is 0. The number of ether oxygens (including phenoxy) is 1. The highest BCUT2D eigenvalue weighted by Crippen LogP contribution is 2.40. The summed E-state index contributed by atoms with van der Waals surface area (Å²) in [5.41, 5.74) is -1.82. The Labute approximate surface area is 153 Å². The van der Waals surface area contributed by atoms with Crippen LogP contribution in [0.2, 0.25) is 0 Å². The summed E-state index contributed by atoms with van der Waals surface area (Å²) in [6.45, 7) is 7.27. The standard InChI is InChI=1S/C18H26N4O4/c1-12(23)8-5-6-10-21-15(24)14-18(4,20-13(2)19-14)22(16(21)25)17(3)9-7-11-26-17/h7,11-12,23H,5-6,8-10H2,1-4H3. The van der Waals surface area contributed by atoms with E-state index in [2.05, 4.69) is 9.98 Å². The normalized spacial score (nSPS) is 31.7. The number of carbonyl (C=O) groups excluding carboxylic acids is 2. The molecule has 0 aromatic heterocycles. The molecule has 26 heavy (non-hydrogen) atoms. The summed E-state index contributed by atoms with van der Waals surface area (Å²) >= 11 is 0. The first-order valence-corrected chi connectivity index (χ1v) is 9.02. The summed E-state index contributed by atoms with van der Waals surface area (Å²) in [6.07, 6.45) is 5.52. The number of amidine groups is 1. The predicted molar refractivity (Wildman–Crippen MR) is 96.7 cm³/mol. The minimum absolute atomic E-state index is 0.252. The molecule has 3 atom stereocenters. The number of carbonyl (C=O) groups is 2. The SMILES string of the molecule is CC1=NC2(C)C(=N1)C(=O)N(CCCCC(C)O)C(=O)N2C1(C)CC=CO1. The van der Waals surface area contributed by atoms with Crippen LogP contribution in [-0.4, -0.2) is 62.4 Å². The van der Waals surface area contributed by atoms with E-state index >= 15 is 0 Å². The average Bonchev–Trinajstić information content (AvgIpc) is 3.09. The lowest BCUT2D eigenvalue weighted by Gasteiger charge is -2.50. The number of rotatable bonds is 6. The van der Waals surface area contributed by atoms with Crippen molar-refractivity contribution < 1.29 is 19.4 Å². The molecule has 0 radical (unpaired) electrons. The second kappa shape index (κ2) is 6.50. The van der Waals surface area contributed by atoms with Crippen molar-refractivity contribution in [3.63, 3.8) is 0 Å². The number of aliphatic imine (C=N–C) groups is 2. The van der Waals surface area contributed by atoms with Crippen LogP contribution in [-0.2, 0) is 9.53 Å². The van der Waals surface area contributed by atoms with E-state index in [1.165, 1.54) is 9.80 Å². The number of amides is 3. The van der Waals surface area contributed by atoms with E-state index in [0.29, 0.717) is 25.1 Å². The predicted octanol–water partition coefficient (Wildman–Crippen LogP) is 2.04. The van der Waals surface area contributed by atoms with Crippen LogP contribution in [0.15, 0.2) is 22.3 Å². The Morgan fingerprint density at radius 3 is 2.69 bits per heavy atom. The summed E-state index contributed by atoms with van der Waals surface area (Å²) in [4.78, 5) is 37.8. The van der Waals surface area contributed by atoms with Gasteiger partial charge in [0.25, 0.3) is 5.91 Å². The van der Waals surface area contributed by atoms with Gasteiger partial charge in [-0.1, -0.05) is 0 Å². The Balaban J connectivity index is 1.89. The smallest absolute Gasteiger partial charge is 0.332 e. The molecule has 1 saturated heterocycles.